The van der Waals surface area contributed by atoms with Crippen LogP contribution in [-0.4, -0.2) is 45.0 Å². The average Bonchev–Trinajstić information content (AvgIpc) is 3.23. The molecule has 0 aliphatic carbocycles. The van der Waals surface area contributed by atoms with E-state index < -0.39 is 0 Å². The van der Waals surface area contributed by atoms with Crippen molar-refractivity contribution in [3.8, 4) is 17.5 Å². The predicted octanol–water partition coefficient (Wildman–Crippen LogP) is 3.75. The van der Waals surface area contributed by atoms with Crippen molar-refractivity contribution in [2.45, 2.75) is 18.5 Å². The molecular weight excluding hydrogens is 424 g/mol. The van der Waals surface area contributed by atoms with E-state index in [-0.39, 0.29) is 18.1 Å². The van der Waals surface area contributed by atoms with Crippen molar-refractivity contribution < 1.29 is 9.53 Å². The second-order valence-corrected chi connectivity index (χ2v) is 7.40. The standard InChI is InChI=1S/C20H19ClN6O2S/c1-2-29-18-10-8-16(9-11-18)26(13-3-12-22)19(28)14-30-20-23-24-25-27(20)17-6-4-15(21)5-7-17/h4-11H,2-3,13-14H2,1H3. The molecule has 154 valence electrons. The number of nitrogens with zero attached hydrogens (tertiary/aromatic N) is 6. The van der Waals surface area contributed by atoms with Gasteiger partial charge in [-0.2, -0.15) is 9.94 Å². The molecule has 0 radical (unpaired) electrons. The molecular formula is C20H19ClN6O2S. The molecule has 30 heavy (non-hydrogen) atoms. The Bertz CT molecular complexity index is 1020. The summed E-state index contributed by atoms with van der Waals surface area (Å²) in [4.78, 5) is 14.5. The summed E-state index contributed by atoms with van der Waals surface area (Å²) in [5.41, 5.74) is 1.45. The molecule has 0 bridgehead atoms. The Morgan fingerprint density at radius 1 is 1.23 bits per heavy atom. The van der Waals surface area contributed by atoms with Gasteiger partial charge in [-0.3, -0.25) is 4.79 Å². The van der Waals surface area contributed by atoms with Crippen LogP contribution in [0, 0.1) is 11.3 Å². The van der Waals surface area contributed by atoms with Gasteiger partial charge in [0.15, 0.2) is 0 Å². The number of thioether (sulfide) groups is 1. The molecule has 2 aromatic carbocycles. The maximum absolute atomic E-state index is 12.9. The molecule has 1 aromatic heterocycles. The maximum atomic E-state index is 12.9. The molecule has 0 N–H and O–H groups in total. The zero-order valence-corrected chi connectivity index (χ0v) is 17.8. The number of rotatable bonds is 9. The molecule has 8 nitrogen and oxygen atoms in total. The van der Waals surface area contributed by atoms with Crippen LogP contribution >= 0.6 is 23.4 Å². The highest BCUT2D eigenvalue weighted by Gasteiger charge is 2.18. The van der Waals surface area contributed by atoms with Crippen LogP contribution in [0.3, 0.4) is 0 Å². The molecule has 1 heterocycles. The number of hydrogen-bond donors (Lipinski definition) is 0. The quantitative estimate of drug-likeness (QED) is 0.465. The van der Waals surface area contributed by atoms with Crippen molar-refractivity contribution in [3.05, 3.63) is 53.6 Å². The van der Waals surface area contributed by atoms with Gasteiger partial charge in [0, 0.05) is 17.3 Å². The first kappa shape index (κ1) is 21.6. The van der Waals surface area contributed by atoms with Crippen LogP contribution in [0.4, 0.5) is 5.69 Å². The second kappa shape index (κ2) is 10.6. The normalized spacial score (nSPS) is 10.4. The molecule has 0 aliphatic rings. The number of aromatic nitrogens is 4. The van der Waals surface area contributed by atoms with Crippen LogP contribution in [0.2, 0.25) is 5.02 Å². The molecule has 0 saturated heterocycles. The molecule has 0 unspecified atom stereocenters. The van der Waals surface area contributed by atoms with E-state index in [2.05, 4.69) is 21.6 Å². The molecule has 0 aliphatic heterocycles. The number of halogens is 1. The van der Waals surface area contributed by atoms with Crippen LogP contribution in [0.25, 0.3) is 5.69 Å². The number of hydrogen-bond acceptors (Lipinski definition) is 7. The lowest BCUT2D eigenvalue weighted by Crippen LogP contribution is -2.33. The molecule has 10 heteroatoms. The minimum Gasteiger partial charge on any atom is -0.494 e. The number of tetrazole rings is 1. The fraction of sp³-hybridized carbons (Fsp3) is 0.250. The van der Waals surface area contributed by atoms with E-state index in [1.54, 1.807) is 46.0 Å². The molecule has 0 fully saturated rings. The summed E-state index contributed by atoms with van der Waals surface area (Å²) in [6, 6.07) is 16.4. The largest absolute Gasteiger partial charge is 0.494 e. The fourth-order valence-corrected chi connectivity index (χ4v) is 3.56. The van der Waals surface area contributed by atoms with E-state index in [0.29, 0.717) is 29.0 Å². The number of carbonyl (C=O) groups excluding carboxylic acids is 1. The number of nitriles is 1. The van der Waals surface area contributed by atoms with Crippen LogP contribution in [0.5, 0.6) is 5.75 Å². The Balaban J connectivity index is 1.71. The predicted molar refractivity (Wildman–Crippen MR) is 115 cm³/mol. The Kier molecular flexibility index (Phi) is 7.65. The van der Waals surface area contributed by atoms with Gasteiger partial charge in [0.2, 0.25) is 11.1 Å². The monoisotopic (exact) mass is 442 g/mol. The topological polar surface area (TPSA) is 96.9 Å². The summed E-state index contributed by atoms with van der Waals surface area (Å²) < 4.78 is 6.99. The third-order valence-corrected chi connectivity index (χ3v) is 5.20. The molecule has 0 atom stereocenters. The SMILES string of the molecule is CCOc1ccc(N(CCC#N)C(=O)CSc2nnnn2-c2ccc(Cl)cc2)cc1. The van der Waals surface area contributed by atoms with E-state index >= 15 is 0 Å². The van der Waals surface area contributed by atoms with Crippen LogP contribution in [0.15, 0.2) is 53.7 Å². The number of benzene rings is 2. The maximum Gasteiger partial charge on any atom is 0.237 e. The minimum atomic E-state index is -0.148. The smallest absolute Gasteiger partial charge is 0.237 e. The lowest BCUT2D eigenvalue weighted by molar-refractivity contribution is -0.116. The first-order valence-electron chi connectivity index (χ1n) is 9.19. The van der Waals surface area contributed by atoms with E-state index in [4.69, 9.17) is 21.6 Å². The van der Waals surface area contributed by atoms with Gasteiger partial charge in [0.1, 0.15) is 5.75 Å². The number of anilines is 1. The van der Waals surface area contributed by atoms with Crippen molar-refractivity contribution in [2.24, 2.45) is 0 Å². The van der Waals surface area contributed by atoms with E-state index in [9.17, 15) is 4.79 Å². The van der Waals surface area contributed by atoms with Crippen molar-refractivity contribution >= 4 is 35.0 Å². The van der Waals surface area contributed by atoms with Gasteiger partial charge < -0.3 is 9.64 Å². The zero-order chi connectivity index (χ0) is 21.3. The summed E-state index contributed by atoms with van der Waals surface area (Å²) in [5.74, 6) is 0.697. The third-order valence-electron chi connectivity index (χ3n) is 4.04. The number of carbonyl (C=O) groups is 1. The van der Waals surface area contributed by atoms with Crippen molar-refractivity contribution in [1.82, 2.24) is 20.2 Å². The fourth-order valence-electron chi connectivity index (χ4n) is 2.67. The highest BCUT2D eigenvalue weighted by molar-refractivity contribution is 7.99. The first-order valence-corrected chi connectivity index (χ1v) is 10.6. The molecule has 1 amide bonds. The first-order chi connectivity index (χ1) is 14.6. The molecule has 3 aromatic rings. The second-order valence-electron chi connectivity index (χ2n) is 6.02. The van der Waals surface area contributed by atoms with E-state index in [1.165, 1.54) is 11.8 Å². The highest BCUT2D eigenvalue weighted by atomic mass is 35.5. The van der Waals surface area contributed by atoms with Crippen molar-refractivity contribution in [3.63, 3.8) is 0 Å². The molecule has 3 rings (SSSR count). The summed E-state index contributed by atoms with van der Waals surface area (Å²) in [5, 5.41) is 21.8. The summed E-state index contributed by atoms with van der Waals surface area (Å²) >= 11 is 7.15. The lowest BCUT2D eigenvalue weighted by Gasteiger charge is -2.22. The van der Waals surface area contributed by atoms with Gasteiger partial charge in [-0.05, 0) is 65.9 Å². The van der Waals surface area contributed by atoms with Crippen LogP contribution in [-0.2, 0) is 4.79 Å². The molecule has 0 spiro atoms. The summed E-state index contributed by atoms with van der Waals surface area (Å²) in [6.45, 7) is 2.77. The summed E-state index contributed by atoms with van der Waals surface area (Å²) in [7, 11) is 0. The van der Waals surface area contributed by atoms with Gasteiger partial charge in [-0.1, -0.05) is 23.4 Å². The van der Waals surface area contributed by atoms with Crippen molar-refractivity contribution in [2.75, 3.05) is 23.8 Å². The Morgan fingerprint density at radius 2 is 1.97 bits per heavy atom. The Morgan fingerprint density at radius 3 is 2.63 bits per heavy atom. The van der Waals surface area contributed by atoms with Gasteiger partial charge in [0.05, 0.1) is 30.5 Å². The Hall–Kier alpha value is -3.09. The summed E-state index contributed by atoms with van der Waals surface area (Å²) in [6.07, 6.45) is 0.228. The van der Waals surface area contributed by atoms with Gasteiger partial charge in [-0.15, -0.1) is 5.10 Å². The highest BCUT2D eigenvalue weighted by Crippen LogP contribution is 2.23. The van der Waals surface area contributed by atoms with Gasteiger partial charge in [0.25, 0.3) is 0 Å². The molecule has 0 saturated carbocycles. The van der Waals surface area contributed by atoms with Gasteiger partial charge >= 0.3 is 0 Å². The van der Waals surface area contributed by atoms with E-state index in [1.807, 2.05) is 19.1 Å². The number of amides is 1. The number of ether oxygens (including phenoxy) is 1. The average molecular weight is 443 g/mol. The lowest BCUT2D eigenvalue weighted by atomic mass is 10.2. The zero-order valence-electron chi connectivity index (χ0n) is 16.2. The van der Waals surface area contributed by atoms with Crippen molar-refractivity contribution in [1.29, 1.82) is 5.26 Å². The van der Waals surface area contributed by atoms with Gasteiger partial charge in [-0.25, -0.2) is 0 Å². The minimum absolute atomic E-state index is 0.118. The third kappa shape index (κ3) is 5.49. The van der Waals surface area contributed by atoms with E-state index in [0.717, 1.165) is 11.4 Å². The van der Waals surface area contributed by atoms with Crippen LogP contribution in [0.1, 0.15) is 13.3 Å². The Labute approximate surface area is 183 Å². The van der Waals surface area contributed by atoms with Crippen LogP contribution < -0.4 is 9.64 Å².